The van der Waals surface area contributed by atoms with Crippen LogP contribution in [0.2, 0.25) is 0 Å². The van der Waals surface area contributed by atoms with Crippen molar-refractivity contribution in [2.45, 2.75) is 33.6 Å². The molecule has 126 valence electrons. The van der Waals surface area contributed by atoms with E-state index >= 15 is 0 Å². The summed E-state index contributed by atoms with van der Waals surface area (Å²) in [6.07, 6.45) is 1.07. The molecule has 0 spiro atoms. The third-order valence-electron chi connectivity index (χ3n) is 2.90. The molecule has 0 aliphatic carbocycles. The molecule has 0 aromatic heterocycles. The van der Waals surface area contributed by atoms with Crippen LogP contribution in [-0.4, -0.2) is 31.6 Å². The Morgan fingerprint density at radius 2 is 1.74 bits per heavy atom. The number of benzene rings is 1. The normalized spacial score (nSPS) is 10.7. The predicted molar refractivity (Wildman–Crippen MR) is 83.1 cm³/mol. The summed E-state index contributed by atoms with van der Waals surface area (Å²) in [5, 5.41) is 0. The first-order valence-electron chi connectivity index (χ1n) is 7.35. The Morgan fingerprint density at radius 3 is 2.30 bits per heavy atom. The molecule has 0 amide bonds. The fourth-order valence-corrected chi connectivity index (χ4v) is 1.63. The highest BCUT2D eigenvalue weighted by Gasteiger charge is 2.14. The zero-order chi connectivity index (χ0) is 17.3. The number of rotatable bonds is 8. The Labute approximate surface area is 135 Å². The van der Waals surface area contributed by atoms with Gasteiger partial charge in [-0.3, -0.25) is 9.59 Å². The Kier molecular flexibility index (Phi) is 7.25. The molecule has 0 heterocycles. The monoisotopic (exact) mass is 322 g/mol. The van der Waals surface area contributed by atoms with Crippen molar-refractivity contribution < 1.29 is 28.6 Å². The van der Waals surface area contributed by atoms with Crippen molar-refractivity contribution >= 4 is 18.4 Å². The number of hydrogen-bond donors (Lipinski definition) is 0. The van der Waals surface area contributed by atoms with E-state index in [1.807, 2.05) is 0 Å². The van der Waals surface area contributed by atoms with E-state index in [1.54, 1.807) is 0 Å². The molecular weight excluding hydrogens is 300 g/mol. The van der Waals surface area contributed by atoms with E-state index in [2.05, 4.69) is 25.5 Å². The predicted octanol–water partition coefficient (Wildman–Crippen LogP) is 2.75. The van der Waals surface area contributed by atoms with Crippen LogP contribution in [0.1, 0.15) is 44.0 Å². The van der Waals surface area contributed by atoms with Gasteiger partial charge in [0.25, 0.3) is 6.47 Å². The molecule has 0 saturated heterocycles. The van der Waals surface area contributed by atoms with E-state index in [0.717, 1.165) is 6.42 Å². The van der Waals surface area contributed by atoms with Crippen molar-refractivity contribution in [1.82, 2.24) is 0 Å². The summed E-state index contributed by atoms with van der Waals surface area (Å²) in [5.74, 6) is -0.462. The molecule has 23 heavy (non-hydrogen) atoms. The molecule has 1 aromatic rings. The van der Waals surface area contributed by atoms with Gasteiger partial charge in [0, 0.05) is 6.42 Å². The lowest BCUT2D eigenvalue weighted by Crippen LogP contribution is -2.13. The molecule has 0 radical (unpaired) electrons. The number of hydrogen-bond acceptors (Lipinski definition) is 6. The van der Waals surface area contributed by atoms with Gasteiger partial charge < -0.3 is 14.2 Å². The first-order valence-corrected chi connectivity index (χ1v) is 7.35. The number of carbonyl (C=O) groups excluding carboxylic acids is 3. The minimum atomic E-state index is -0.537. The maximum atomic E-state index is 11.7. The molecule has 1 rings (SSSR count). The molecule has 0 aliphatic heterocycles. The minimum Gasteiger partial charge on any atom is -0.464 e. The summed E-state index contributed by atoms with van der Waals surface area (Å²) in [7, 11) is 0. The van der Waals surface area contributed by atoms with Crippen LogP contribution in [0, 0.1) is 5.41 Å². The molecule has 0 bridgehead atoms. The van der Waals surface area contributed by atoms with E-state index in [0.29, 0.717) is 17.7 Å². The highest BCUT2D eigenvalue weighted by Crippen LogP contribution is 2.21. The van der Waals surface area contributed by atoms with Gasteiger partial charge in [0.2, 0.25) is 0 Å². The summed E-state index contributed by atoms with van der Waals surface area (Å²) < 4.78 is 14.5. The van der Waals surface area contributed by atoms with E-state index in [9.17, 15) is 14.4 Å². The van der Waals surface area contributed by atoms with Crippen molar-refractivity contribution in [3.8, 4) is 5.75 Å². The van der Waals surface area contributed by atoms with E-state index in [-0.39, 0.29) is 31.1 Å². The summed E-state index contributed by atoms with van der Waals surface area (Å²) >= 11 is 0. The second kappa shape index (κ2) is 8.92. The van der Waals surface area contributed by atoms with Gasteiger partial charge in [0.15, 0.2) is 0 Å². The van der Waals surface area contributed by atoms with Crippen LogP contribution in [0.4, 0.5) is 0 Å². The Hall–Kier alpha value is -2.37. The van der Waals surface area contributed by atoms with Crippen LogP contribution in [0.25, 0.3) is 0 Å². The largest absolute Gasteiger partial charge is 0.464 e. The van der Waals surface area contributed by atoms with Crippen LogP contribution in [0.5, 0.6) is 5.75 Å². The van der Waals surface area contributed by atoms with Crippen LogP contribution < -0.4 is 4.74 Å². The Morgan fingerprint density at radius 1 is 1.09 bits per heavy atom. The average molecular weight is 322 g/mol. The third kappa shape index (κ3) is 7.99. The van der Waals surface area contributed by atoms with Crippen molar-refractivity contribution in [2.24, 2.45) is 5.41 Å². The van der Waals surface area contributed by atoms with Gasteiger partial charge in [-0.25, -0.2) is 4.79 Å². The average Bonchev–Trinajstić information content (AvgIpc) is 2.49. The van der Waals surface area contributed by atoms with Gasteiger partial charge in [-0.1, -0.05) is 20.8 Å². The van der Waals surface area contributed by atoms with Crippen molar-refractivity contribution in [3.63, 3.8) is 0 Å². The highest BCUT2D eigenvalue weighted by atomic mass is 16.6. The van der Waals surface area contributed by atoms with Gasteiger partial charge in [0.05, 0.1) is 5.56 Å². The summed E-state index contributed by atoms with van der Waals surface area (Å²) in [6, 6.07) is 6.09. The topological polar surface area (TPSA) is 78.9 Å². The standard InChI is InChI=1S/C17H22O6/c1-17(2,3)9-8-15(19)23-14-6-4-13(5-7-14)16(20)22-11-10-21-12-18/h4-7,12H,8-11H2,1-3H3. The second-order valence-electron chi connectivity index (χ2n) is 6.16. The van der Waals surface area contributed by atoms with Crippen LogP contribution in [0.15, 0.2) is 24.3 Å². The Balaban J connectivity index is 2.45. The third-order valence-corrected chi connectivity index (χ3v) is 2.90. The zero-order valence-electron chi connectivity index (χ0n) is 13.7. The van der Waals surface area contributed by atoms with Crippen LogP contribution in [-0.2, 0) is 19.1 Å². The zero-order valence-corrected chi connectivity index (χ0v) is 13.7. The fourth-order valence-electron chi connectivity index (χ4n) is 1.63. The van der Waals surface area contributed by atoms with Gasteiger partial charge in [-0.2, -0.15) is 0 Å². The van der Waals surface area contributed by atoms with Crippen LogP contribution in [0.3, 0.4) is 0 Å². The van der Waals surface area contributed by atoms with Gasteiger partial charge >= 0.3 is 11.9 Å². The lowest BCUT2D eigenvalue weighted by Gasteiger charge is -2.16. The first kappa shape index (κ1) is 18.7. The smallest absolute Gasteiger partial charge is 0.338 e. The molecule has 0 atom stereocenters. The van der Waals surface area contributed by atoms with Crippen molar-refractivity contribution in [1.29, 1.82) is 0 Å². The molecule has 6 heteroatoms. The number of esters is 2. The van der Waals surface area contributed by atoms with E-state index < -0.39 is 5.97 Å². The number of carbonyl (C=O) groups is 3. The maximum Gasteiger partial charge on any atom is 0.338 e. The minimum absolute atomic E-state index is 0.0126. The van der Waals surface area contributed by atoms with E-state index in [1.165, 1.54) is 24.3 Å². The second-order valence-corrected chi connectivity index (χ2v) is 6.16. The molecule has 1 aromatic carbocycles. The van der Waals surface area contributed by atoms with Gasteiger partial charge in [0.1, 0.15) is 19.0 Å². The molecule has 0 saturated carbocycles. The molecule has 0 fully saturated rings. The van der Waals surface area contributed by atoms with Crippen LogP contribution >= 0.6 is 0 Å². The molecule has 0 unspecified atom stereocenters. The lowest BCUT2D eigenvalue weighted by atomic mass is 9.91. The summed E-state index contributed by atoms with van der Waals surface area (Å²) in [6.45, 7) is 6.46. The molecule has 0 N–H and O–H groups in total. The first-order chi connectivity index (χ1) is 10.8. The Bertz CT molecular complexity index is 527. The summed E-state index contributed by atoms with van der Waals surface area (Å²) in [5.41, 5.74) is 0.394. The van der Waals surface area contributed by atoms with Crippen molar-refractivity contribution in [3.05, 3.63) is 29.8 Å². The molecule has 0 aliphatic rings. The maximum absolute atomic E-state index is 11.7. The lowest BCUT2D eigenvalue weighted by molar-refractivity contribution is -0.135. The highest BCUT2D eigenvalue weighted by molar-refractivity contribution is 5.89. The number of ether oxygens (including phenoxy) is 3. The van der Waals surface area contributed by atoms with Crippen molar-refractivity contribution in [2.75, 3.05) is 13.2 Å². The van der Waals surface area contributed by atoms with Gasteiger partial charge in [-0.15, -0.1) is 0 Å². The summed E-state index contributed by atoms with van der Waals surface area (Å²) in [4.78, 5) is 33.3. The van der Waals surface area contributed by atoms with Gasteiger partial charge in [-0.05, 0) is 36.1 Å². The molecular formula is C17H22O6. The quantitative estimate of drug-likeness (QED) is 0.317. The van der Waals surface area contributed by atoms with E-state index in [4.69, 9.17) is 9.47 Å². The molecule has 6 nitrogen and oxygen atoms in total. The fraction of sp³-hybridized carbons (Fsp3) is 0.471. The SMILES string of the molecule is CC(C)(C)CCC(=O)Oc1ccc(C(=O)OCCOC=O)cc1.